The van der Waals surface area contributed by atoms with E-state index in [0.29, 0.717) is 18.3 Å². The van der Waals surface area contributed by atoms with Gasteiger partial charge in [-0.15, -0.1) is 0 Å². The highest BCUT2D eigenvalue weighted by molar-refractivity contribution is 7.90. The number of nitrogens with two attached hydrogens (primary N) is 1. The average Bonchev–Trinajstić information content (AvgIpc) is 3.14. The Balaban J connectivity index is 1.61. The first-order valence-corrected chi connectivity index (χ1v) is 11.7. The van der Waals surface area contributed by atoms with Crippen LogP contribution in [-0.4, -0.2) is 55.7 Å². The molecule has 0 bridgehead atoms. The third kappa shape index (κ3) is 4.81. The lowest BCUT2D eigenvalue weighted by molar-refractivity contribution is -0.123. The fourth-order valence-corrected chi connectivity index (χ4v) is 4.85. The van der Waals surface area contributed by atoms with Gasteiger partial charge in [0, 0.05) is 31.3 Å². The summed E-state index contributed by atoms with van der Waals surface area (Å²) in [7, 11) is -3.40. The molecule has 2 aliphatic rings. The Morgan fingerprint density at radius 2 is 1.93 bits per heavy atom. The van der Waals surface area contributed by atoms with E-state index in [1.54, 1.807) is 12.4 Å². The monoisotopic (exact) mass is 409 g/mol. The van der Waals surface area contributed by atoms with Crippen LogP contribution in [0.3, 0.4) is 0 Å². The number of nitrogens with one attached hydrogen (secondary N) is 1. The van der Waals surface area contributed by atoms with E-state index < -0.39 is 15.9 Å². The highest BCUT2D eigenvalue weighted by atomic mass is 32.2. The van der Waals surface area contributed by atoms with Crippen molar-refractivity contribution in [2.45, 2.75) is 57.3 Å². The predicted octanol–water partition coefficient (Wildman–Crippen LogP) is 0.975. The summed E-state index contributed by atoms with van der Waals surface area (Å²) in [5.74, 6) is 0.791. The van der Waals surface area contributed by atoms with E-state index in [2.05, 4.69) is 41.0 Å². The van der Waals surface area contributed by atoms with Crippen molar-refractivity contribution in [2.75, 3.05) is 24.2 Å². The third-order valence-electron chi connectivity index (χ3n) is 5.66. The quantitative estimate of drug-likeness (QED) is 0.696. The van der Waals surface area contributed by atoms with Gasteiger partial charge in [0.05, 0.1) is 24.1 Å². The molecular weight excluding hydrogens is 378 g/mol. The summed E-state index contributed by atoms with van der Waals surface area (Å²) in [5.41, 5.74) is 6.93. The van der Waals surface area contributed by atoms with Crippen LogP contribution in [0.4, 0.5) is 5.69 Å². The van der Waals surface area contributed by atoms with Gasteiger partial charge in [-0.1, -0.05) is 20.8 Å². The van der Waals surface area contributed by atoms with Crippen molar-refractivity contribution in [3.8, 4) is 0 Å². The lowest BCUT2D eigenvalue weighted by Crippen LogP contribution is -2.48. The van der Waals surface area contributed by atoms with Gasteiger partial charge in [0.25, 0.3) is 0 Å². The number of anilines is 1. The van der Waals surface area contributed by atoms with Gasteiger partial charge in [0.1, 0.15) is 0 Å². The topological polar surface area (TPSA) is 118 Å². The van der Waals surface area contributed by atoms with Crippen molar-refractivity contribution in [3.05, 3.63) is 12.4 Å². The van der Waals surface area contributed by atoms with Crippen molar-refractivity contribution < 1.29 is 13.2 Å². The molecule has 156 valence electrons. The minimum Gasteiger partial charge on any atom is -0.368 e. The SMILES string of the molecule is CC(C)(C)C[C@H](N)C(=O)N[C@H]1CC[C@@H]2CN(c3cnc(S(C)(=O)=O)nc3)C[C@@H]21. The van der Waals surface area contributed by atoms with E-state index in [1.807, 2.05) is 0 Å². The summed E-state index contributed by atoms with van der Waals surface area (Å²) < 4.78 is 23.0. The number of hydrogen-bond acceptors (Lipinski definition) is 7. The molecule has 1 saturated carbocycles. The molecule has 0 unspecified atom stereocenters. The molecule has 0 aromatic carbocycles. The number of fused-ring (bicyclic) bond motifs is 1. The molecule has 1 aliphatic heterocycles. The van der Waals surface area contributed by atoms with E-state index in [9.17, 15) is 13.2 Å². The molecular formula is C19H31N5O3S. The molecule has 1 amide bonds. The Hall–Kier alpha value is -1.74. The average molecular weight is 410 g/mol. The smallest absolute Gasteiger partial charge is 0.246 e. The second kappa shape index (κ2) is 7.59. The van der Waals surface area contributed by atoms with Crippen LogP contribution in [0, 0.1) is 17.3 Å². The number of carbonyl (C=O) groups is 1. The molecule has 3 rings (SSSR count). The van der Waals surface area contributed by atoms with E-state index in [-0.39, 0.29) is 22.5 Å². The van der Waals surface area contributed by atoms with E-state index >= 15 is 0 Å². The minimum absolute atomic E-state index is 0.0112. The van der Waals surface area contributed by atoms with E-state index in [1.165, 1.54) is 0 Å². The molecule has 0 spiro atoms. The Morgan fingerprint density at radius 3 is 2.50 bits per heavy atom. The summed E-state index contributed by atoms with van der Waals surface area (Å²) in [5, 5.41) is 3.01. The van der Waals surface area contributed by atoms with Gasteiger partial charge in [-0.25, -0.2) is 18.4 Å². The molecule has 1 aromatic rings. The van der Waals surface area contributed by atoms with Gasteiger partial charge >= 0.3 is 0 Å². The van der Waals surface area contributed by atoms with Crippen LogP contribution in [0.25, 0.3) is 0 Å². The first-order valence-electron chi connectivity index (χ1n) is 9.77. The van der Waals surface area contributed by atoms with Gasteiger partial charge in [-0.2, -0.15) is 0 Å². The summed E-state index contributed by atoms with van der Waals surface area (Å²) >= 11 is 0. The summed E-state index contributed by atoms with van der Waals surface area (Å²) in [6.07, 6.45) is 6.91. The van der Waals surface area contributed by atoms with Crippen LogP contribution in [0.2, 0.25) is 0 Å². The second-order valence-corrected chi connectivity index (χ2v) is 11.3. The lowest BCUT2D eigenvalue weighted by Gasteiger charge is -2.26. The molecule has 2 fully saturated rings. The first-order chi connectivity index (χ1) is 12.9. The Labute approximate surface area is 167 Å². The second-order valence-electron chi connectivity index (χ2n) is 9.39. The van der Waals surface area contributed by atoms with Gasteiger partial charge in [-0.3, -0.25) is 4.79 Å². The number of rotatable bonds is 5. The molecule has 4 atom stereocenters. The maximum Gasteiger partial charge on any atom is 0.246 e. The Kier molecular flexibility index (Phi) is 5.69. The van der Waals surface area contributed by atoms with Crippen LogP contribution in [0.1, 0.15) is 40.0 Å². The largest absolute Gasteiger partial charge is 0.368 e. The Bertz CT molecular complexity index is 819. The van der Waals surface area contributed by atoms with Gasteiger partial charge in [-0.05, 0) is 30.6 Å². The van der Waals surface area contributed by atoms with Crippen LogP contribution in [-0.2, 0) is 14.6 Å². The number of amides is 1. The van der Waals surface area contributed by atoms with Crippen LogP contribution >= 0.6 is 0 Å². The normalized spacial score (nSPS) is 26.2. The highest BCUT2D eigenvalue weighted by Gasteiger charge is 2.43. The molecule has 9 heteroatoms. The van der Waals surface area contributed by atoms with Gasteiger partial charge < -0.3 is 16.0 Å². The zero-order chi connectivity index (χ0) is 20.7. The highest BCUT2D eigenvalue weighted by Crippen LogP contribution is 2.39. The van der Waals surface area contributed by atoms with Crippen molar-refractivity contribution in [1.82, 2.24) is 15.3 Å². The molecule has 1 saturated heterocycles. The molecule has 3 N–H and O–H groups in total. The summed E-state index contributed by atoms with van der Waals surface area (Å²) in [4.78, 5) is 22.7. The number of nitrogens with zero attached hydrogens (tertiary/aromatic N) is 3. The van der Waals surface area contributed by atoms with Crippen molar-refractivity contribution >= 4 is 21.4 Å². The molecule has 2 heterocycles. The number of hydrogen-bond donors (Lipinski definition) is 2. The maximum absolute atomic E-state index is 12.5. The third-order valence-corrected chi connectivity index (χ3v) is 6.54. The minimum atomic E-state index is -3.40. The standard InChI is InChI=1S/C19H31N5O3S/c1-19(2,3)7-15(20)17(25)23-16-6-5-12-10-24(11-14(12)16)13-8-21-18(22-9-13)28(4,26)27/h8-9,12,14-16H,5-7,10-11,20H2,1-4H3,(H,23,25)/t12-,14+,15+,16+/m1/s1. The zero-order valence-corrected chi connectivity index (χ0v) is 17.9. The molecule has 1 aromatic heterocycles. The first kappa shape index (κ1) is 21.0. The van der Waals surface area contributed by atoms with Crippen LogP contribution < -0.4 is 16.0 Å². The van der Waals surface area contributed by atoms with Crippen molar-refractivity contribution in [2.24, 2.45) is 23.0 Å². The van der Waals surface area contributed by atoms with Crippen LogP contribution in [0.5, 0.6) is 0 Å². The fraction of sp³-hybridized carbons (Fsp3) is 0.737. The lowest BCUT2D eigenvalue weighted by atomic mass is 9.88. The number of sulfone groups is 1. The maximum atomic E-state index is 12.5. The van der Waals surface area contributed by atoms with Crippen molar-refractivity contribution in [3.63, 3.8) is 0 Å². The van der Waals surface area contributed by atoms with Gasteiger partial charge in [0.2, 0.25) is 20.9 Å². The fourth-order valence-electron chi connectivity index (χ4n) is 4.36. The summed E-state index contributed by atoms with van der Waals surface area (Å²) in [6.45, 7) is 7.91. The van der Waals surface area contributed by atoms with E-state index in [4.69, 9.17) is 5.73 Å². The zero-order valence-electron chi connectivity index (χ0n) is 17.1. The van der Waals surface area contributed by atoms with E-state index in [0.717, 1.165) is 37.9 Å². The van der Waals surface area contributed by atoms with Crippen molar-refractivity contribution in [1.29, 1.82) is 0 Å². The predicted molar refractivity (Wildman–Crippen MR) is 108 cm³/mol. The molecule has 28 heavy (non-hydrogen) atoms. The molecule has 8 nitrogen and oxygen atoms in total. The van der Waals surface area contributed by atoms with Crippen LogP contribution in [0.15, 0.2) is 17.6 Å². The number of carbonyl (C=O) groups excluding carboxylic acids is 1. The molecule has 1 aliphatic carbocycles. The van der Waals surface area contributed by atoms with Gasteiger partial charge in [0.15, 0.2) is 0 Å². The Morgan fingerprint density at radius 1 is 1.29 bits per heavy atom. The molecule has 0 radical (unpaired) electrons. The number of aromatic nitrogens is 2. The summed E-state index contributed by atoms with van der Waals surface area (Å²) in [6, 6.07) is -0.363.